The Balaban J connectivity index is 1.70. The minimum absolute atomic E-state index is 0.377. The van der Waals surface area contributed by atoms with Gasteiger partial charge in [0.05, 0.1) is 0 Å². The van der Waals surface area contributed by atoms with Crippen LogP contribution in [0.2, 0.25) is 0 Å². The van der Waals surface area contributed by atoms with Gasteiger partial charge in [-0.2, -0.15) is 0 Å². The molecular formula is C16H27NO. The summed E-state index contributed by atoms with van der Waals surface area (Å²) in [5.41, 5.74) is 0. The van der Waals surface area contributed by atoms with Crippen molar-refractivity contribution in [1.29, 1.82) is 0 Å². The Morgan fingerprint density at radius 1 is 1.06 bits per heavy atom. The van der Waals surface area contributed by atoms with E-state index in [1.165, 1.54) is 32.1 Å². The monoisotopic (exact) mass is 249 g/mol. The molecule has 0 aromatic carbocycles. The molecule has 0 saturated heterocycles. The second kappa shape index (κ2) is 4.54. The van der Waals surface area contributed by atoms with Crippen LogP contribution in [0.1, 0.15) is 52.4 Å². The molecular weight excluding hydrogens is 222 g/mol. The van der Waals surface area contributed by atoms with E-state index in [9.17, 15) is 4.79 Å². The van der Waals surface area contributed by atoms with Crippen molar-refractivity contribution in [1.82, 2.24) is 4.90 Å². The van der Waals surface area contributed by atoms with Crippen molar-refractivity contribution in [3.05, 3.63) is 0 Å². The van der Waals surface area contributed by atoms with E-state index in [1.54, 1.807) is 0 Å². The van der Waals surface area contributed by atoms with Gasteiger partial charge in [0, 0.05) is 19.5 Å². The maximum Gasteiger partial charge on any atom is 0.222 e. The normalized spacial score (nSPS) is 41.4. The second-order valence-corrected chi connectivity index (χ2v) is 7.52. The van der Waals surface area contributed by atoms with E-state index in [-0.39, 0.29) is 0 Å². The van der Waals surface area contributed by atoms with Gasteiger partial charge in [-0.15, -0.1) is 0 Å². The van der Waals surface area contributed by atoms with Gasteiger partial charge in [0.15, 0.2) is 0 Å². The smallest absolute Gasteiger partial charge is 0.222 e. The summed E-state index contributed by atoms with van der Waals surface area (Å²) in [5, 5.41) is 0. The number of hydrogen-bond acceptors (Lipinski definition) is 1. The molecule has 1 amide bonds. The number of amides is 1. The van der Waals surface area contributed by atoms with Crippen LogP contribution in [0, 0.1) is 29.6 Å². The lowest BCUT2D eigenvalue weighted by molar-refractivity contribution is -0.141. The lowest BCUT2D eigenvalue weighted by atomic mass is 9.54. The highest BCUT2D eigenvalue weighted by Gasteiger charge is 2.50. The largest absolute Gasteiger partial charge is 0.342 e. The predicted molar refractivity (Wildman–Crippen MR) is 73.1 cm³/mol. The van der Waals surface area contributed by atoms with Crippen molar-refractivity contribution in [3.63, 3.8) is 0 Å². The molecule has 0 aliphatic heterocycles. The van der Waals surface area contributed by atoms with Crippen LogP contribution in [0.4, 0.5) is 0 Å². The van der Waals surface area contributed by atoms with Crippen molar-refractivity contribution in [3.8, 4) is 0 Å². The maximum atomic E-state index is 12.3. The Kier molecular flexibility index (Phi) is 3.15. The summed E-state index contributed by atoms with van der Waals surface area (Å²) >= 11 is 0. The summed E-state index contributed by atoms with van der Waals surface area (Å²) in [6.07, 6.45) is 7.81. The first-order valence-electron chi connectivity index (χ1n) is 7.80. The van der Waals surface area contributed by atoms with Crippen molar-refractivity contribution in [2.75, 3.05) is 7.05 Å². The Morgan fingerprint density at radius 3 is 2.00 bits per heavy atom. The summed E-state index contributed by atoms with van der Waals surface area (Å²) < 4.78 is 0. The summed E-state index contributed by atoms with van der Waals surface area (Å²) in [7, 11) is 2.07. The van der Waals surface area contributed by atoms with Crippen molar-refractivity contribution in [2.24, 2.45) is 29.6 Å². The van der Waals surface area contributed by atoms with Crippen LogP contribution in [0.15, 0.2) is 0 Å². The first-order chi connectivity index (χ1) is 8.54. The Morgan fingerprint density at radius 2 is 1.56 bits per heavy atom. The van der Waals surface area contributed by atoms with Crippen LogP contribution in [0.25, 0.3) is 0 Å². The van der Waals surface area contributed by atoms with Crippen LogP contribution < -0.4 is 0 Å². The molecule has 4 saturated carbocycles. The van der Waals surface area contributed by atoms with Crippen LogP contribution in [0.3, 0.4) is 0 Å². The van der Waals surface area contributed by atoms with Crippen LogP contribution >= 0.6 is 0 Å². The standard InChI is InChI=1S/C16H27NO/c1-10(2)4-15(18)17(3)16-13-6-11-5-12(8-13)9-14(16)7-11/h10-14,16H,4-9H2,1-3H3. The molecule has 0 atom stereocenters. The fourth-order valence-electron chi connectivity index (χ4n) is 5.19. The van der Waals surface area contributed by atoms with Crippen LogP contribution in [-0.4, -0.2) is 23.9 Å². The maximum absolute atomic E-state index is 12.3. The predicted octanol–water partition coefficient (Wildman–Crippen LogP) is 3.32. The number of rotatable bonds is 3. The van der Waals surface area contributed by atoms with Crippen molar-refractivity contribution >= 4 is 5.91 Å². The lowest BCUT2D eigenvalue weighted by Crippen LogP contribution is -2.56. The average Bonchev–Trinajstić information content (AvgIpc) is 2.26. The zero-order valence-corrected chi connectivity index (χ0v) is 12.1. The van der Waals surface area contributed by atoms with E-state index in [4.69, 9.17) is 0 Å². The molecule has 2 nitrogen and oxygen atoms in total. The van der Waals surface area contributed by atoms with E-state index in [0.29, 0.717) is 17.9 Å². The Labute approximate surface area is 111 Å². The highest BCUT2D eigenvalue weighted by molar-refractivity contribution is 5.76. The molecule has 2 heteroatoms. The van der Waals surface area contributed by atoms with Gasteiger partial charge in [-0.3, -0.25) is 4.79 Å². The van der Waals surface area contributed by atoms with Gasteiger partial charge in [0.1, 0.15) is 0 Å². The fraction of sp³-hybridized carbons (Fsp3) is 0.938. The van der Waals surface area contributed by atoms with Gasteiger partial charge < -0.3 is 4.90 Å². The van der Waals surface area contributed by atoms with Crippen LogP contribution in [-0.2, 0) is 4.79 Å². The average molecular weight is 249 g/mol. The SMILES string of the molecule is CC(C)CC(=O)N(C)C1C2CC3CC(C2)CC1C3. The lowest BCUT2D eigenvalue weighted by Gasteiger charge is -2.56. The highest BCUT2D eigenvalue weighted by atomic mass is 16.2. The number of carbonyl (C=O) groups is 1. The molecule has 4 fully saturated rings. The number of hydrogen-bond donors (Lipinski definition) is 0. The molecule has 4 bridgehead atoms. The molecule has 0 N–H and O–H groups in total. The molecule has 4 rings (SSSR count). The molecule has 0 aromatic heterocycles. The summed E-state index contributed by atoms with van der Waals surface area (Å²) in [6.45, 7) is 4.28. The van der Waals surface area contributed by atoms with Gasteiger partial charge in [-0.05, 0) is 61.7 Å². The number of nitrogens with zero attached hydrogens (tertiary/aromatic N) is 1. The van der Waals surface area contributed by atoms with E-state index >= 15 is 0 Å². The Bertz CT molecular complexity index is 308. The number of carbonyl (C=O) groups excluding carboxylic acids is 1. The van der Waals surface area contributed by atoms with Crippen molar-refractivity contribution < 1.29 is 4.79 Å². The molecule has 18 heavy (non-hydrogen) atoms. The van der Waals surface area contributed by atoms with Gasteiger partial charge in [-0.25, -0.2) is 0 Å². The fourth-order valence-corrected chi connectivity index (χ4v) is 5.19. The zero-order chi connectivity index (χ0) is 12.9. The molecule has 102 valence electrons. The molecule has 4 aliphatic carbocycles. The van der Waals surface area contributed by atoms with Crippen LogP contribution in [0.5, 0.6) is 0 Å². The highest BCUT2D eigenvalue weighted by Crippen LogP contribution is 2.55. The second-order valence-electron chi connectivity index (χ2n) is 7.52. The topological polar surface area (TPSA) is 20.3 Å². The van der Waals surface area contributed by atoms with Gasteiger partial charge in [-0.1, -0.05) is 13.8 Å². The van der Waals surface area contributed by atoms with Gasteiger partial charge in [0.2, 0.25) is 5.91 Å². The van der Waals surface area contributed by atoms with Crippen molar-refractivity contribution in [2.45, 2.75) is 58.4 Å². The molecule has 0 heterocycles. The molecule has 0 unspecified atom stereocenters. The summed E-state index contributed by atoms with van der Waals surface area (Å²) in [6, 6.07) is 0.573. The van der Waals surface area contributed by atoms with E-state index in [1.807, 2.05) is 0 Å². The van der Waals surface area contributed by atoms with E-state index in [0.717, 1.165) is 30.1 Å². The van der Waals surface area contributed by atoms with E-state index < -0.39 is 0 Å². The molecule has 0 radical (unpaired) electrons. The molecule has 4 aliphatic rings. The quantitative estimate of drug-likeness (QED) is 0.751. The minimum Gasteiger partial charge on any atom is -0.342 e. The summed E-state index contributed by atoms with van der Waals surface area (Å²) in [4.78, 5) is 14.4. The van der Waals surface area contributed by atoms with Gasteiger partial charge in [0.25, 0.3) is 0 Å². The third kappa shape index (κ3) is 2.08. The zero-order valence-electron chi connectivity index (χ0n) is 12.1. The first kappa shape index (κ1) is 12.5. The first-order valence-corrected chi connectivity index (χ1v) is 7.80. The van der Waals surface area contributed by atoms with Gasteiger partial charge >= 0.3 is 0 Å². The Hall–Kier alpha value is -0.530. The summed E-state index contributed by atoms with van der Waals surface area (Å²) in [5.74, 6) is 4.50. The van der Waals surface area contributed by atoms with E-state index in [2.05, 4.69) is 25.8 Å². The molecule has 0 aromatic rings. The third-order valence-corrected chi connectivity index (χ3v) is 5.60. The third-order valence-electron chi connectivity index (χ3n) is 5.60. The molecule has 0 spiro atoms. The minimum atomic E-state index is 0.377.